The summed E-state index contributed by atoms with van der Waals surface area (Å²) in [6, 6.07) is 1.69. The van der Waals surface area contributed by atoms with E-state index in [-0.39, 0.29) is 32.0 Å². The van der Waals surface area contributed by atoms with Crippen molar-refractivity contribution < 1.29 is 21.6 Å². The van der Waals surface area contributed by atoms with Crippen molar-refractivity contribution >= 4 is 16.0 Å². The Bertz CT molecular complexity index is 708. The van der Waals surface area contributed by atoms with Crippen molar-refractivity contribution in [2.75, 3.05) is 20.1 Å². The van der Waals surface area contributed by atoms with E-state index in [1.807, 2.05) is 13.1 Å². The second kappa shape index (κ2) is 7.60. The first-order valence-corrected chi connectivity index (χ1v) is 9.09. The Hall–Kier alpha value is -1.82. The number of halogens is 3. The molecule has 1 fully saturated rings. The van der Waals surface area contributed by atoms with E-state index in [0.29, 0.717) is 16.8 Å². The van der Waals surface area contributed by atoms with Crippen molar-refractivity contribution in [3.05, 3.63) is 18.0 Å². The molecule has 2 heterocycles. The molecule has 0 aromatic carbocycles. The second-order valence-electron chi connectivity index (χ2n) is 5.64. The third-order valence-electron chi connectivity index (χ3n) is 4.01. The van der Waals surface area contributed by atoms with Crippen LogP contribution in [0.1, 0.15) is 18.5 Å². The Morgan fingerprint density at radius 2 is 2.04 bits per heavy atom. The largest absolute Gasteiger partial charge is 0.511 e. The number of aliphatic imine (C=N–C) groups is 1. The number of aryl methyl sites for hydroxylation is 1. The van der Waals surface area contributed by atoms with E-state index in [1.54, 1.807) is 17.9 Å². The summed E-state index contributed by atoms with van der Waals surface area (Å²) < 4.78 is 62.7. The molecule has 142 valence electrons. The third-order valence-corrected chi connectivity index (χ3v) is 5.64. The van der Waals surface area contributed by atoms with Crippen molar-refractivity contribution in [3.8, 4) is 0 Å². The van der Waals surface area contributed by atoms with Crippen molar-refractivity contribution in [1.82, 2.24) is 24.7 Å². The lowest BCUT2D eigenvalue weighted by Gasteiger charge is -2.32. The molecule has 1 aromatic heterocycles. The number of hydrogen-bond donors (Lipinski definition) is 2. The van der Waals surface area contributed by atoms with Crippen LogP contribution in [0.25, 0.3) is 0 Å². The van der Waals surface area contributed by atoms with E-state index < -0.39 is 15.5 Å². The summed E-state index contributed by atoms with van der Waals surface area (Å²) in [4.78, 5) is 4.07. The number of hydrogen-bond acceptors (Lipinski definition) is 4. The molecule has 0 unspecified atom stereocenters. The minimum Gasteiger partial charge on any atom is -0.354 e. The van der Waals surface area contributed by atoms with Crippen LogP contribution in [-0.4, -0.2) is 60.2 Å². The SMILES string of the molecule is CN=C(NCc1ccnn1C)NC1CCN(S(=O)(=O)C(F)(F)F)CC1. The van der Waals surface area contributed by atoms with E-state index >= 15 is 0 Å². The number of alkyl halides is 3. The lowest BCUT2D eigenvalue weighted by Crippen LogP contribution is -2.51. The first-order valence-electron chi connectivity index (χ1n) is 7.65. The van der Waals surface area contributed by atoms with Gasteiger partial charge in [-0.2, -0.15) is 22.6 Å². The van der Waals surface area contributed by atoms with Crippen molar-refractivity contribution in [2.24, 2.45) is 12.0 Å². The molecule has 1 aromatic rings. The van der Waals surface area contributed by atoms with Crippen LogP contribution in [0.3, 0.4) is 0 Å². The molecule has 1 aliphatic heterocycles. The van der Waals surface area contributed by atoms with Crippen LogP contribution in [0.15, 0.2) is 17.3 Å². The number of aromatic nitrogens is 2. The zero-order valence-electron chi connectivity index (χ0n) is 13.9. The minimum absolute atomic E-state index is 0.155. The Kier molecular flexibility index (Phi) is 5.93. The Morgan fingerprint density at radius 1 is 1.40 bits per heavy atom. The summed E-state index contributed by atoms with van der Waals surface area (Å²) in [7, 11) is -1.86. The normalized spacial score (nSPS) is 18.4. The predicted octanol–water partition coefficient (Wildman–Crippen LogP) is 0.399. The van der Waals surface area contributed by atoms with Gasteiger partial charge in [0.15, 0.2) is 5.96 Å². The molecule has 1 saturated heterocycles. The summed E-state index contributed by atoms with van der Waals surface area (Å²) in [5, 5.41) is 10.2. The fraction of sp³-hybridized carbons (Fsp3) is 0.692. The van der Waals surface area contributed by atoms with Crippen molar-refractivity contribution in [2.45, 2.75) is 30.9 Å². The van der Waals surface area contributed by atoms with Crippen LogP contribution in [0.5, 0.6) is 0 Å². The minimum atomic E-state index is -5.26. The van der Waals surface area contributed by atoms with Gasteiger partial charge < -0.3 is 10.6 Å². The molecule has 8 nitrogen and oxygen atoms in total. The van der Waals surface area contributed by atoms with E-state index in [4.69, 9.17) is 0 Å². The number of piperidine rings is 1. The van der Waals surface area contributed by atoms with E-state index in [1.165, 1.54) is 0 Å². The molecule has 12 heteroatoms. The van der Waals surface area contributed by atoms with Crippen LogP contribution in [0.4, 0.5) is 13.2 Å². The standard InChI is InChI=1S/C13H21F3N6O2S/c1-17-12(18-9-11-3-6-19-21(11)2)20-10-4-7-22(8-5-10)25(23,24)13(14,15)16/h3,6,10H,4-5,7-9H2,1-2H3,(H2,17,18,20). The molecule has 25 heavy (non-hydrogen) atoms. The van der Waals surface area contributed by atoms with Crippen LogP contribution >= 0.6 is 0 Å². The van der Waals surface area contributed by atoms with Gasteiger partial charge in [-0.15, -0.1) is 0 Å². The zero-order valence-corrected chi connectivity index (χ0v) is 14.7. The number of guanidine groups is 1. The smallest absolute Gasteiger partial charge is 0.354 e. The maximum absolute atomic E-state index is 12.6. The first-order chi connectivity index (χ1) is 11.6. The van der Waals surface area contributed by atoms with E-state index in [9.17, 15) is 21.6 Å². The van der Waals surface area contributed by atoms with Gasteiger partial charge >= 0.3 is 15.5 Å². The molecular formula is C13H21F3N6O2S. The average Bonchev–Trinajstić information content (AvgIpc) is 2.96. The van der Waals surface area contributed by atoms with E-state index in [2.05, 4.69) is 20.7 Å². The van der Waals surface area contributed by atoms with Crippen LogP contribution in [0, 0.1) is 0 Å². The lowest BCUT2D eigenvalue weighted by molar-refractivity contribution is -0.0494. The molecule has 2 N–H and O–H groups in total. The number of nitrogens with one attached hydrogen (secondary N) is 2. The fourth-order valence-electron chi connectivity index (χ4n) is 2.52. The molecule has 2 rings (SSSR count). The van der Waals surface area contributed by atoms with Crippen LogP contribution in [-0.2, 0) is 23.6 Å². The summed E-state index contributed by atoms with van der Waals surface area (Å²) in [6.45, 7) is 0.119. The Balaban J connectivity index is 1.85. The molecule has 0 atom stereocenters. The van der Waals surface area contributed by atoms with Crippen molar-refractivity contribution in [1.29, 1.82) is 0 Å². The number of rotatable bonds is 4. The third kappa shape index (κ3) is 4.63. The van der Waals surface area contributed by atoms with Crippen LogP contribution in [0.2, 0.25) is 0 Å². The highest BCUT2D eigenvalue weighted by atomic mass is 32.2. The zero-order chi connectivity index (χ0) is 18.7. The monoisotopic (exact) mass is 382 g/mol. The molecular weight excluding hydrogens is 361 g/mol. The molecule has 0 bridgehead atoms. The highest BCUT2D eigenvalue weighted by Gasteiger charge is 2.50. The molecule has 1 aliphatic rings. The summed E-state index contributed by atoms with van der Waals surface area (Å²) in [5.74, 6) is 0.498. The number of nitrogens with zero attached hydrogens (tertiary/aromatic N) is 4. The molecule has 0 spiro atoms. The van der Waals surface area contributed by atoms with Gasteiger partial charge in [-0.25, -0.2) is 8.42 Å². The van der Waals surface area contributed by atoms with Gasteiger partial charge in [0.1, 0.15) is 0 Å². The molecule has 0 radical (unpaired) electrons. The maximum Gasteiger partial charge on any atom is 0.511 e. The van der Waals surface area contributed by atoms with Crippen molar-refractivity contribution in [3.63, 3.8) is 0 Å². The highest BCUT2D eigenvalue weighted by molar-refractivity contribution is 7.90. The maximum atomic E-state index is 12.6. The number of sulfonamides is 1. The van der Waals surface area contributed by atoms with Gasteiger partial charge in [-0.3, -0.25) is 9.67 Å². The van der Waals surface area contributed by atoms with Gasteiger partial charge in [0.25, 0.3) is 0 Å². The fourth-order valence-corrected chi connectivity index (χ4v) is 3.51. The lowest BCUT2D eigenvalue weighted by atomic mass is 10.1. The van der Waals surface area contributed by atoms with Crippen LogP contribution < -0.4 is 10.6 Å². The molecule has 0 saturated carbocycles. The molecule has 0 amide bonds. The first kappa shape index (κ1) is 19.5. The van der Waals surface area contributed by atoms with Gasteiger partial charge in [-0.05, 0) is 18.9 Å². The summed E-state index contributed by atoms with van der Waals surface area (Å²) >= 11 is 0. The molecule has 0 aliphatic carbocycles. The van der Waals surface area contributed by atoms with Gasteiger partial charge in [0, 0.05) is 39.4 Å². The summed E-state index contributed by atoms with van der Waals surface area (Å²) in [6.07, 6.45) is 2.20. The van der Waals surface area contributed by atoms with E-state index in [0.717, 1.165) is 5.69 Å². The quantitative estimate of drug-likeness (QED) is 0.581. The summed E-state index contributed by atoms with van der Waals surface area (Å²) in [5.41, 5.74) is -4.32. The Labute approximate surface area is 144 Å². The van der Waals surface area contributed by atoms with Gasteiger partial charge in [0.05, 0.1) is 12.2 Å². The second-order valence-corrected chi connectivity index (χ2v) is 7.57. The topological polar surface area (TPSA) is 91.6 Å². The average molecular weight is 382 g/mol. The van der Waals surface area contributed by atoms with Gasteiger partial charge in [0.2, 0.25) is 0 Å². The highest BCUT2D eigenvalue weighted by Crippen LogP contribution is 2.28. The van der Waals surface area contributed by atoms with Gasteiger partial charge in [-0.1, -0.05) is 0 Å². The predicted molar refractivity (Wildman–Crippen MR) is 86.1 cm³/mol. The Morgan fingerprint density at radius 3 is 2.52 bits per heavy atom.